The topological polar surface area (TPSA) is 71.3 Å². The lowest BCUT2D eigenvalue weighted by molar-refractivity contribution is -0.123. The first-order valence-electron chi connectivity index (χ1n) is 8.95. The third-order valence-corrected chi connectivity index (χ3v) is 5.22. The second-order valence-corrected chi connectivity index (χ2v) is 6.90. The van der Waals surface area contributed by atoms with Crippen molar-refractivity contribution in [2.24, 2.45) is 5.92 Å². The van der Waals surface area contributed by atoms with E-state index in [4.69, 9.17) is 4.42 Å². The van der Waals surface area contributed by atoms with Crippen LogP contribution in [0.25, 0.3) is 0 Å². The molecule has 2 aliphatic rings. The Morgan fingerprint density at radius 1 is 1.28 bits per heavy atom. The molecule has 0 radical (unpaired) electrons. The van der Waals surface area contributed by atoms with Crippen molar-refractivity contribution in [3.63, 3.8) is 0 Å². The summed E-state index contributed by atoms with van der Waals surface area (Å²) < 4.78 is 5.47. The van der Waals surface area contributed by atoms with Crippen LogP contribution < -0.4 is 10.6 Å². The molecule has 1 aromatic heterocycles. The van der Waals surface area contributed by atoms with Gasteiger partial charge < -0.3 is 15.1 Å². The van der Waals surface area contributed by atoms with E-state index in [1.54, 1.807) is 6.26 Å². The Balaban J connectivity index is 1.33. The lowest BCUT2D eigenvalue weighted by Crippen LogP contribution is -2.33. The molecule has 2 N–H and O–H groups in total. The average molecular weight is 338 g/mol. The van der Waals surface area contributed by atoms with Crippen LogP contribution in [0.5, 0.6) is 0 Å². The molecule has 130 valence electrons. The van der Waals surface area contributed by atoms with Gasteiger partial charge in [0.1, 0.15) is 5.76 Å². The van der Waals surface area contributed by atoms with Crippen LogP contribution in [0.2, 0.25) is 0 Å². The molecule has 2 unspecified atom stereocenters. The maximum atomic E-state index is 12.4. The smallest absolute Gasteiger partial charge is 0.227 e. The third kappa shape index (κ3) is 3.31. The highest BCUT2D eigenvalue weighted by Crippen LogP contribution is 2.31. The normalized spacial score (nSPS) is 21.8. The number of rotatable bonds is 4. The molecular weight excluding hydrogens is 316 g/mol. The standard InChI is InChI=1S/C20H22N2O3/c23-19(21-17-6-3-7-18-15(17)10-11-25-18)9-8-14-12-13-4-1-2-5-16(13)22-20(14)24/h1-2,4-5,10-11,14,17H,3,6-9,12H2,(H,21,23)(H,22,24). The van der Waals surface area contributed by atoms with E-state index < -0.39 is 0 Å². The molecule has 0 saturated carbocycles. The first-order valence-corrected chi connectivity index (χ1v) is 8.95. The summed E-state index contributed by atoms with van der Waals surface area (Å²) in [6.45, 7) is 0. The summed E-state index contributed by atoms with van der Waals surface area (Å²) in [5, 5.41) is 6.05. The summed E-state index contributed by atoms with van der Waals surface area (Å²) in [4.78, 5) is 24.6. The molecule has 2 aromatic rings. The van der Waals surface area contributed by atoms with Crippen LogP contribution in [0, 0.1) is 5.92 Å². The number of amides is 2. The van der Waals surface area contributed by atoms with Gasteiger partial charge in [0.25, 0.3) is 0 Å². The molecule has 0 fully saturated rings. The van der Waals surface area contributed by atoms with Crippen LogP contribution in [-0.2, 0) is 22.4 Å². The van der Waals surface area contributed by atoms with E-state index in [1.165, 1.54) is 0 Å². The Kier molecular flexibility index (Phi) is 4.30. The Hall–Kier alpha value is -2.56. The molecule has 2 heterocycles. The van der Waals surface area contributed by atoms with E-state index in [1.807, 2.05) is 30.3 Å². The average Bonchev–Trinajstić information content (AvgIpc) is 3.10. The van der Waals surface area contributed by atoms with Crippen LogP contribution in [0.1, 0.15) is 48.6 Å². The van der Waals surface area contributed by atoms with Crippen molar-refractivity contribution in [1.29, 1.82) is 0 Å². The van der Waals surface area contributed by atoms with Gasteiger partial charge in [-0.2, -0.15) is 0 Å². The molecule has 0 spiro atoms. The van der Waals surface area contributed by atoms with Crippen molar-refractivity contribution in [3.8, 4) is 0 Å². The number of hydrogen-bond donors (Lipinski definition) is 2. The molecular formula is C20H22N2O3. The fraction of sp³-hybridized carbons (Fsp3) is 0.400. The van der Waals surface area contributed by atoms with Gasteiger partial charge in [-0.25, -0.2) is 0 Å². The van der Waals surface area contributed by atoms with E-state index in [2.05, 4.69) is 10.6 Å². The molecule has 1 aliphatic carbocycles. The van der Waals surface area contributed by atoms with E-state index in [9.17, 15) is 9.59 Å². The summed E-state index contributed by atoms with van der Waals surface area (Å²) >= 11 is 0. The highest BCUT2D eigenvalue weighted by atomic mass is 16.3. The molecule has 1 aliphatic heterocycles. The second kappa shape index (κ2) is 6.75. The quantitative estimate of drug-likeness (QED) is 0.898. The number of nitrogens with one attached hydrogen (secondary N) is 2. The SMILES string of the molecule is O=C(CCC1Cc2ccccc2NC1=O)NC1CCCc2occc21. The number of para-hydroxylation sites is 1. The summed E-state index contributed by atoms with van der Waals surface area (Å²) in [6.07, 6.45) is 6.23. The van der Waals surface area contributed by atoms with Crippen molar-refractivity contribution >= 4 is 17.5 Å². The maximum Gasteiger partial charge on any atom is 0.227 e. The summed E-state index contributed by atoms with van der Waals surface area (Å²) in [6, 6.07) is 9.83. The minimum atomic E-state index is -0.142. The Morgan fingerprint density at radius 2 is 2.16 bits per heavy atom. The van der Waals surface area contributed by atoms with E-state index >= 15 is 0 Å². The second-order valence-electron chi connectivity index (χ2n) is 6.90. The van der Waals surface area contributed by atoms with Gasteiger partial charge in [0.15, 0.2) is 0 Å². The van der Waals surface area contributed by atoms with Crippen molar-refractivity contribution in [2.75, 3.05) is 5.32 Å². The lowest BCUT2D eigenvalue weighted by Gasteiger charge is -2.25. The van der Waals surface area contributed by atoms with Gasteiger partial charge in [0.05, 0.1) is 12.3 Å². The van der Waals surface area contributed by atoms with Crippen LogP contribution in [0.15, 0.2) is 41.0 Å². The minimum absolute atomic E-state index is 0.00529. The lowest BCUT2D eigenvalue weighted by atomic mass is 9.89. The van der Waals surface area contributed by atoms with E-state index in [-0.39, 0.29) is 23.8 Å². The Morgan fingerprint density at radius 3 is 3.08 bits per heavy atom. The first-order chi connectivity index (χ1) is 12.2. The molecule has 25 heavy (non-hydrogen) atoms. The molecule has 5 nitrogen and oxygen atoms in total. The predicted molar refractivity (Wildman–Crippen MR) is 94.0 cm³/mol. The number of furan rings is 1. The largest absolute Gasteiger partial charge is 0.469 e. The number of carbonyl (C=O) groups is 2. The zero-order valence-corrected chi connectivity index (χ0v) is 14.1. The highest BCUT2D eigenvalue weighted by Gasteiger charge is 2.28. The first kappa shape index (κ1) is 15.9. The summed E-state index contributed by atoms with van der Waals surface area (Å²) in [5.74, 6) is 0.864. The van der Waals surface area contributed by atoms with Crippen LogP contribution >= 0.6 is 0 Å². The minimum Gasteiger partial charge on any atom is -0.469 e. The molecule has 1 aromatic carbocycles. The monoisotopic (exact) mass is 338 g/mol. The van der Waals surface area contributed by atoms with Crippen molar-refractivity contribution < 1.29 is 14.0 Å². The molecule has 0 saturated heterocycles. The molecule has 2 atom stereocenters. The van der Waals surface area contributed by atoms with Crippen molar-refractivity contribution in [1.82, 2.24) is 5.32 Å². The molecule has 4 rings (SSSR count). The van der Waals surface area contributed by atoms with Gasteiger partial charge >= 0.3 is 0 Å². The zero-order chi connectivity index (χ0) is 17.2. The van der Waals surface area contributed by atoms with Gasteiger partial charge in [0.2, 0.25) is 11.8 Å². The highest BCUT2D eigenvalue weighted by molar-refractivity contribution is 5.96. The number of fused-ring (bicyclic) bond motifs is 2. The maximum absolute atomic E-state index is 12.4. The number of anilines is 1. The zero-order valence-electron chi connectivity index (χ0n) is 14.1. The Labute approximate surface area is 146 Å². The predicted octanol–water partition coefficient (Wildman–Crippen LogP) is 3.36. The van der Waals surface area contributed by atoms with Gasteiger partial charge in [-0.15, -0.1) is 0 Å². The molecule has 2 amide bonds. The van der Waals surface area contributed by atoms with Crippen LogP contribution in [-0.4, -0.2) is 11.8 Å². The van der Waals surface area contributed by atoms with E-state index in [0.717, 1.165) is 41.8 Å². The summed E-state index contributed by atoms with van der Waals surface area (Å²) in [5.41, 5.74) is 3.13. The fourth-order valence-electron chi connectivity index (χ4n) is 3.85. The van der Waals surface area contributed by atoms with Crippen LogP contribution in [0.3, 0.4) is 0 Å². The number of hydrogen-bond acceptors (Lipinski definition) is 3. The number of aryl methyl sites for hydroxylation is 1. The van der Waals surface area contributed by atoms with Gasteiger partial charge in [0, 0.05) is 30.0 Å². The Bertz CT molecular complexity index is 796. The third-order valence-electron chi connectivity index (χ3n) is 5.22. The molecule has 5 heteroatoms. The summed E-state index contributed by atoms with van der Waals surface area (Å²) in [7, 11) is 0. The number of benzene rings is 1. The fourth-order valence-corrected chi connectivity index (χ4v) is 3.85. The van der Waals surface area contributed by atoms with Gasteiger partial charge in [-0.3, -0.25) is 9.59 Å². The number of carbonyl (C=O) groups excluding carboxylic acids is 2. The van der Waals surface area contributed by atoms with Gasteiger partial charge in [-0.05, 0) is 43.4 Å². The molecule has 0 bridgehead atoms. The van der Waals surface area contributed by atoms with Gasteiger partial charge in [-0.1, -0.05) is 18.2 Å². The van der Waals surface area contributed by atoms with E-state index in [0.29, 0.717) is 19.3 Å². The van der Waals surface area contributed by atoms with Crippen molar-refractivity contribution in [2.45, 2.75) is 44.6 Å². The van der Waals surface area contributed by atoms with Crippen molar-refractivity contribution in [3.05, 3.63) is 53.5 Å². The van der Waals surface area contributed by atoms with Crippen LogP contribution in [0.4, 0.5) is 5.69 Å².